The number of rotatable bonds is 9. The first-order chi connectivity index (χ1) is 17.5. The normalized spacial score (nSPS) is 14.0. The van der Waals surface area contributed by atoms with Crippen molar-refractivity contribution in [3.05, 3.63) is 65.8 Å². The number of aryl methyl sites for hydroxylation is 1. The Kier molecular flexibility index (Phi) is 6.36. The minimum Gasteiger partial charge on any atom is -0.491 e. The summed E-state index contributed by atoms with van der Waals surface area (Å²) in [4.78, 5) is 28.4. The van der Waals surface area contributed by atoms with Gasteiger partial charge < -0.3 is 18.6 Å². The molecule has 0 spiro atoms. The van der Waals surface area contributed by atoms with Gasteiger partial charge in [0.1, 0.15) is 23.8 Å². The number of ether oxygens (including phenoxy) is 1. The molecule has 36 heavy (non-hydrogen) atoms. The molecule has 0 aliphatic carbocycles. The quantitative estimate of drug-likeness (QED) is 0.341. The number of amides is 2. The van der Waals surface area contributed by atoms with E-state index in [1.54, 1.807) is 36.5 Å². The molecule has 3 heterocycles. The van der Waals surface area contributed by atoms with Gasteiger partial charge in [0.05, 0.1) is 28.3 Å². The number of nitrogens with zero attached hydrogens (tertiary/aromatic N) is 2. The summed E-state index contributed by atoms with van der Waals surface area (Å²) >= 11 is 0. The van der Waals surface area contributed by atoms with Gasteiger partial charge in [0.2, 0.25) is 0 Å². The fourth-order valence-corrected chi connectivity index (χ4v) is 4.91. The van der Waals surface area contributed by atoms with Crippen molar-refractivity contribution in [2.75, 3.05) is 26.2 Å². The van der Waals surface area contributed by atoms with Crippen molar-refractivity contribution in [2.45, 2.75) is 27.3 Å². The molecule has 0 atom stereocenters. The van der Waals surface area contributed by atoms with Gasteiger partial charge in [-0.25, -0.2) is 4.39 Å². The minimum absolute atomic E-state index is 0.134. The van der Waals surface area contributed by atoms with Crippen LogP contribution in [-0.2, 0) is 16.1 Å². The third-order valence-corrected chi connectivity index (χ3v) is 6.80. The number of furan rings is 1. The summed E-state index contributed by atoms with van der Waals surface area (Å²) in [5.74, 6) is -0.923. The van der Waals surface area contributed by atoms with E-state index in [4.69, 9.17) is 9.15 Å². The number of benzene rings is 2. The van der Waals surface area contributed by atoms with Gasteiger partial charge in [-0.15, -0.1) is 0 Å². The first-order valence-electron chi connectivity index (χ1n) is 12.2. The second kappa shape index (κ2) is 9.62. The fourth-order valence-electron chi connectivity index (χ4n) is 4.91. The number of carbonyl (C=O) groups is 2. The van der Waals surface area contributed by atoms with E-state index >= 15 is 0 Å². The molecule has 0 radical (unpaired) electrons. The van der Waals surface area contributed by atoms with Gasteiger partial charge in [0, 0.05) is 35.8 Å². The van der Waals surface area contributed by atoms with E-state index in [9.17, 15) is 14.0 Å². The molecule has 0 fully saturated rings. The predicted molar refractivity (Wildman–Crippen MR) is 137 cm³/mol. The number of nitrogens with one attached hydrogen (secondary N) is 1. The molecule has 2 aromatic carbocycles. The molecular weight excluding hydrogens is 461 g/mol. The van der Waals surface area contributed by atoms with E-state index in [1.807, 2.05) is 11.5 Å². The Morgan fingerprint density at radius 3 is 2.47 bits per heavy atom. The number of carbonyl (C=O) groups excluding carboxylic acids is 2. The van der Waals surface area contributed by atoms with E-state index in [2.05, 4.69) is 24.1 Å². The lowest BCUT2D eigenvalue weighted by molar-refractivity contribution is -0.122. The van der Waals surface area contributed by atoms with Crippen LogP contribution in [0.5, 0.6) is 5.75 Å². The van der Waals surface area contributed by atoms with Crippen LogP contribution < -0.4 is 10.1 Å². The van der Waals surface area contributed by atoms with Gasteiger partial charge in [-0.3, -0.25) is 14.9 Å². The average Bonchev–Trinajstić information content (AvgIpc) is 3.58. The van der Waals surface area contributed by atoms with Crippen LogP contribution in [0.3, 0.4) is 0 Å². The maximum absolute atomic E-state index is 15.0. The third-order valence-electron chi connectivity index (χ3n) is 6.80. The highest BCUT2D eigenvalue weighted by Gasteiger charge is 2.36. The topological polar surface area (TPSA) is 76.7 Å². The van der Waals surface area contributed by atoms with Gasteiger partial charge in [-0.05, 0) is 50.3 Å². The van der Waals surface area contributed by atoms with Crippen molar-refractivity contribution >= 4 is 44.8 Å². The molecule has 1 aliphatic rings. The standard InChI is InChI=1S/C28H28FN3O4/c1-4-31(5-2)13-15-35-22-11-10-18(26-17(22)12-14-36-26)24-25(28(34)30-27(24)33)19-16-32(6-3)21-9-7-8-20(29)23(19)21/h7-12,14,16H,4-6,13,15H2,1-3H3,(H,30,33,34). The van der Waals surface area contributed by atoms with Gasteiger partial charge in [-0.2, -0.15) is 0 Å². The lowest BCUT2D eigenvalue weighted by Crippen LogP contribution is -2.27. The monoisotopic (exact) mass is 489 g/mol. The summed E-state index contributed by atoms with van der Waals surface area (Å²) in [6.07, 6.45) is 3.26. The number of aromatic nitrogens is 1. The third kappa shape index (κ3) is 3.87. The Morgan fingerprint density at radius 1 is 1.00 bits per heavy atom. The highest BCUT2D eigenvalue weighted by Crippen LogP contribution is 2.41. The van der Waals surface area contributed by atoms with Crippen LogP contribution in [0.1, 0.15) is 31.9 Å². The molecule has 4 aromatic rings. The maximum Gasteiger partial charge on any atom is 0.259 e. The Bertz CT molecular complexity index is 1510. The van der Waals surface area contributed by atoms with Crippen molar-refractivity contribution in [1.29, 1.82) is 0 Å². The smallest absolute Gasteiger partial charge is 0.259 e. The summed E-state index contributed by atoms with van der Waals surface area (Å²) in [6.45, 7) is 9.90. The number of likely N-dealkylation sites (N-methyl/N-ethyl adjacent to an activating group) is 1. The van der Waals surface area contributed by atoms with Crippen LogP contribution in [0.2, 0.25) is 0 Å². The van der Waals surface area contributed by atoms with Crippen molar-refractivity contribution in [2.24, 2.45) is 0 Å². The van der Waals surface area contributed by atoms with E-state index < -0.39 is 17.6 Å². The average molecular weight is 490 g/mol. The van der Waals surface area contributed by atoms with Gasteiger partial charge in [-0.1, -0.05) is 19.9 Å². The Labute approximate surface area is 208 Å². The summed E-state index contributed by atoms with van der Waals surface area (Å²) in [7, 11) is 0. The molecule has 0 unspecified atom stereocenters. The number of halogens is 1. The van der Waals surface area contributed by atoms with E-state index in [1.165, 1.54) is 12.3 Å². The first kappa shape index (κ1) is 23.8. The van der Waals surface area contributed by atoms with Crippen LogP contribution >= 0.6 is 0 Å². The number of fused-ring (bicyclic) bond motifs is 2. The second-order valence-corrected chi connectivity index (χ2v) is 8.65. The van der Waals surface area contributed by atoms with Crippen LogP contribution in [0, 0.1) is 5.82 Å². The summed E-state index contributed by atoms with van der Waals surface area (Å²) in [5.41, 5.74) is 2.22. The summed E-state index contributed by atoms with van der Waals surface area (Å²) in [5, 5.41) is 3.41. The Hall–Kier alpha value is -3.91. The van der Waals surface area contributed by atoms with Crippen molar-refractivity contribution in [3.63, 3.8) is 0 Å². The molecule has 186 valence electrons. The fraction of sp³-hybridized carbons (Fsp3) is 0.286. The molecular formula is C28H28FN3O4. The summed E-state index contributed by atoms with van der Waals surface area (Å²) in [6, 6.07) is 10.1. The van der Waals surface area contributed by atoms with Crippen LogP contribution in [-0.4, -0.2) is 47.5 Å². The van der Waals surface area contributed by atoms with Crippen molar-refractivity contribution < 1.29 is 23.1 Å². The molecule has 0 bridgehead atoms. The SMILES string of the molecule is CCN(CC)CCOc1ccc(C2=C(c3cn(CC)c4cccc(F)c34)C(=O)NC2=O)c2occc12. The van der Waals surface area contributed by atoms with Gasteiger partial charge in [0.15, 0.2) is 0 Å². The predicted octanol–water partition coefficient (Wildman–Crippen LogP) is 4.83. The van der Waals surface area contributed by atoms with Crippen LogP contribution in [0.15, 0.2) is 53.3 Å². The molecule has 1 aliphatic heterocycles. The largest absolute Gasteiger partial charge is 0.491 e. The molecule has 8 heteroatoms. The highest BCUT2D eigenvalue weighted by molar-refractivity contribution is 6.50. The zero-order valence-electron chi connectivity index (χ0n) is 20.6. The minimum atomic E-state index is -0.562. The van der Waals surface area contributed by atoms with Gasteiger partial charge >= 0.3 is 0 Å². The molecule has 1 N–H and O–H groups in total. The first-order valence-corrected chi connectivity index (χ1v) is 12.2. The molecule has 5 rings (SSSR count). The molecule has 0 saturated carbocycles. The highest BCUT2D eigenvalue weighted by atomic mass is 19.1. The zero-order valence-corrected chi connectivity index (χ0v) is 20.6. The number of hydrogen-bond donors (Lipinski definition) is 1. The second-order valence-electron chi connectivity index (χ2n) is 8.65. The maximum atomic E-state index is 15.0. The van der Waals surface area contributed by atoms with Gasteiger partial charge in [0.25, 0.3) is 11.8 Å². The number of imide groups is 1. The molecule has 0 saturated heterocycles. The molecule has 2 aromatic heterocycles. The Morgan fingerprint density at radius 2 is 1.75 bits per heavy atom. The van der Waals surface area contributed by atoms with E-state index in [0.29, 0.717) is 51.9 Å². The van der Waals surface area contributed by atoms with E-state index in [-0.39, 0.29) is 11.1 Å². The molecule has 2 amide bonds. The zero-order chi connectivity index (χ0) is 25.4. The van der Waals surface area contributed by atoms with Crippen LogP contribution in [0.4, 0.5) is 4.39 Å². The number of hydrogen-bond acceptors (Lipinski definition) is 5. The lowest BCUT2D eigenvalue weighted by atomic mass is 9.94. The summed E-state index contributed by atoms with van der Waals surface area (Å²) < 4.78 is 28.7. The van der Waals surface area contributed by atoms with Crippen molar-refractivity contribution in [1.82, 2.24) is 14.8 Å². The van der Waals surface area contributed by atoms with Crippen LogP contribution in [0.25, 0.3) is 33.0 Å². The Balaban J connectivity index is 1.64. The lowest BCUT2D eigenvalue weighted by Gasteiger charge is -2.18. The van der Waals surface area contributed by atoms with Crippen molar-refractivity contribution in [3.8, 4) is 5.75 Å². The molecule has 7 nitrogen and oxygen atoms in total. The van der Waals surface area contributed by atoms with E-state index in [0.717, 1.165) is 19.6 Å².